The Kier molecular flexibility index (Phi) is 5.50. The van der Waals surface area contributed by atoms with E-state index in [2.05, 4.69) is 4.98 Å². The summed E-state index contributed by atoms with van der Waals surface area (Å²) in [4.78, 5) is 16.3. The van der Waals surface area contributed by atoms with Crippen molar-refractivity contribution in [1.82, 2.24) is 13.9 Å². The highest BCUT2D eigenvalue weighted by Crippen LogP contribution is 2.42. The first-order chi connectivity index (χ1) is 12.7. The van der Waals surface area contributed by atoms with E-state index in [0.29, 0.717) is 21.0 Å². The van der Waals surface area contributed by atoms with Gasteiger partial charge in [0.2, 0.25) is 0 Å². The molecule has 3 rings (SSSR count). The Morgan fingerprint density at radius 3 is 2.48 bits per heavy atom. The second kappa shape index (κ2) is 7.53. The molecular formula is C18H15ClF3N3OS. The minimum Gasteiger partial charge on any atom is -0.309 e. The number of aromatic nitrogens is 2. The summed E-state index contributed by atoms with van der Waals surface area (Å²) in [7, 11) is 3.00. The molecule has 1 atom stereocenters. The highest BCUT2D eigenvalue weighted by molar-refractivity contribution is 7.97. The van der Waals surface area contributed by atoms with Gasteiger partial charge in [-0.2, -0.15) is 13.2 Å². The van der Waals surface area contributed by atoms with Crippen LogP contribution in [0.3, 0.4) is 0 Å². The second-order valence-corrected chi connectivity index (χ2v) is 7.61. The molecular weight excluding hydrogens is 399 g/mol. The fraction of sp³-hybridized carbons (Fsp3) is 0.222. The van der Waals surface area contributed by atoms with Gasteiger partial charge >= 0.3 is 6.18 Å². The molecule has 0 saturated carbocycles. The summed E-state index contributed by atoms with van der Waals surface area (Å²) in [5.74, 6) is 0. The fourth-order valence-electron chi connectivity index (χ4n) is 2.75. The van der Waals surface area contributed by atoms with Crippen LogP contribution in [0.25, 0.3) is 11.0 Å². The summed E-state index contributed by atoms with van der Waals surface area (Å²) in [6.07, 6.45) is -3.28. The molecule has 0 N–H and O–H groups in total. The van der Waals surface area contributed by atoms with Crippen LogP contribution in [0.15, 0.2) is 58.4 Å². The van der Waals surface area contributed by atoms with E-state index in [1.807, 2.05) is 0 Å². The van der Waals surface area contributed by atoms with E-state index in [1.165, 1.54) is 42.1 Å². The standard InChI is InChI=1S/C18H15ClF3N3OS/c1-24-15-8-7-13(9-14(15)23-10-16(24)26)27-25(2)17(18(20,21)22)11-3-5-12(19)6-4-11/h3-10,17H,1-2H3/t17-/m1/s1. The summed E-state index contributed by atoms with van der Waals surface area (Å²) in [6.45, 7) is 0. The van der Waals surface area contributed by atoms with Crippen molar-refractivity contribution in [1.29, 1.82) is 0 Å². The average Bonchev–Trinajstić information content (AvgIpc) is 2.59. The zero-order valence-electron chi connectivity index (χ0n) is 14.4. The minimum atomic E-state index is -4.46. The monoisotopic (exact) mass is 413 g/mol. The second-order valence-electron chi connectivity index (χ2n) is 5.94. The molecule has 1 aromatic heterocycles. The quantitative estimate of drug-likeness (QED) is 0.574. The summed E-state index contributed by atoms with van der Waals surface area (Å²) < 4.78 is 43.6. The number of fused-ring (bicyclic) bond motifs is 1. The molecule has 0 bridgehead atoms. The predicted octanol–water partition coefficient (Wildman–Crippen LogP) is 4.83. The average molecular weight is 414 g/mol. The van der Waals surface area contributed by atoms with E-state index in [4.69, 9.17) is 11.6 Å². The van der Waals surface area contributed by atoms with Gasteiger partial charge in [-0.15, -0.1) is 0 Å². The molecule has 2 aromatic carbocycles. The molecule has 0 aliphatic carbocycles. The molecule has 0 amide bonds. The number of rotatable bonds is 4. The van der Waals surface area contributed by atoms with Gasteiger partial charge in [0.1, 0.15) is 6.04 Å². The third kappa shape index (κ3) is 4.28. The number of hydrogen-bond acceptors (Lipinski definition) is 4. The van der Waals surface area contributed by atoms with Crippen LogP contribution in [0, 0.1) is 0 Å². The van der Waals surface area contributed by atoms with Gasteiger partial charge in [0.25, 0.3) is 5.56 Å². The van der Waals surface area contributed by atoms with Crippen molar-refractivity contribution in [3.63, 3.8) is 0 Å². The van der Waals surface area contributed by atoms with Crippen molar-refractivity contribution >= 4 is 34.6 Å². The Morgan fingerprint density at radius 2 is 1.85 bits per heavy atom. The van der Waals surface area contributed by atoms with Gasteiger partial charge in [-0.05, 0) is 54.9 Å². The summed E-state index contributed by atoms with van der Waals surface area (Å²) in [5, 5.41) is 0.376. The van der Waals surface area contributed by atoms with E-state index in [1.54, 1.807) is 25.2 Å². The van der Waals surface area contributed by atoms with Gasteiger partial charge in [0, 0.05) is 17.0 Å². The molecule has 0 saturated heterocycles. The fourth-order valence-corrected chi connectivity index (χ4v) is 3.84. The Balaban J connectivity index is 1.92. The van der Waals surface area contributed by atoms with Crippen molar-refractivity contribution in [2.45, 2.75) is 17.1 Å². The number of hydrogen-bond donors (Lipinski definition) is 0. The van der Waals surface area contributed by atoms with Crippen LogP contribution in [-0.4, -0.2) is 27.1 Å². The smallest absolute Gasteiger partial charge is 0.309 e. The third-order valence-electron chi connectivity index (χ3n) is 4.06. The van der Waals surface area contributed by atoms with Gasteiger partial charge < -0.3 is 4.57 Å². The number of aryl methyl sites for hydroxylation is 1. The minimum absolute atomic E-state index is 0.100. The maximum Gasteiger partial charge on any atom is 0.408 e. The largest absolute Gasteiger partial charge is 0.408 e. The van der Waals surface area contributed by atoms with Gasteiger partial charge in [0.05, 0.1) is 17.2 Å². The molecule has 142 valence electrons. The number of benzene rings is 2. The summed E-state index contributed by atoms with van der Waals surface area (Å²) in [5.41, 5.74) is 0.994. The van der Waals surface area contributed by atoms with Crippen LogP contribution in [-0.2, 0) is 7.05 Å². The molecule has 9 heteroatoms. The van der Waals surface area contributed by atoms with Crippen LogP contribution >= 0.6 is 23.5 Å². The van der Waals surface area contributed by atoms with Crippen molar-refractivity contribution in [3.05, 3.63) is 69.6 Å². The Labute approximate surface area is 162 Å². The van der Waals surface area contributed by atoms with Gasteiger partial charge in [-0.3, -0.25) is 4.79 Å². The lowest BCUT2D eigenvalue weighted by molar-refractivity contribution is -0.169. The van der Waals surface area contributed by atoms with Gasteiger partial charge in [-0.25, -0.2) is 9.29 Å². The zero-order valence-corrected chi connectivity index (χ0v) is 15.9. The lowest BCUT2D eigenvalue weighted by Crippen LogP contribution is -2.31. The summed E-state index contributed by atoms with van der Waals surface area (Å²) >= 11 is 6.74. The van der Waals surface area contributed by atoms with Gasteiger partial charge in [-0.1, -0.05) is 23.7 Å². The predicted molar refractivity (Wildman–Crippen MR) is 101 cm³/mol. The Hall–Kier alpha value is -2.03. The lowest BCUT2D eigenvalue weighted by atomic mass is 10.1. The van der Waals surface area contributed by atoms with Crippen LogP contribution in [0.1, 0.15) is 11.6 Å². The van der Waals surface area contributed by atoms with Crippen LogP contribution in [0.2, 0.25) is 5.02 Å². The number of nitrogens with zero attached hydrogens (tertiary/aromatic N) is 3. The van der Waals surface area contributed by atoms with E-state index in [9.17, 15) is 18.0 Å². The lowest BCUT2D eigenvalue weighted by Gasteiger charge is -2.29. The first-order valence-electron chi connectivity index (χ1n) is 7.85. The summed E-state index contributed by atoms with van der Waals surface area (Å²) in [6, 6.07) is 8.81. The SMILES string of the molecule is CN(Sc1ccc2c(c1)ncc(=O)n2C)[C@H](c1ccc(Cl)cc1)C(F)(F)F. The third-order valence-corrected chi connectivity index (χ3v) is 5.28. The normalized spacial score (nSPS) is 13.3. The van der Waals surface area contributed by atoms with Crippen LogP contribution in [0.4, 0.5) is 13.2 Å². The number of alkyl halides is 3. The Morgan fingerprint density at radius 1 is 1.19 bits per heavy atom. The topological polar surface area (TPSA) is 38.1 Å². The van der Waals surface area contributed by atoms with Crippen molar-refractivity contribution < 1.29 is 13.2 Å². The molecule has 0 radical (unpaired) electrons. The van der Waals surface area contributed by atoms with E-state index >= 15 is 0 Å². The zero-order chi connectivity index (χ0) is 19.8. The highest BCUT2D eigenvalue weighted by Gasteiger charge is 2.44. The maximum atomic E-state index is 13.7. The molecule has 3 aromatic rings. The first kappa shape index (κ1) is 19.7. The Bertz CT molecular complexity index is 1020. The van der Waals surface area contributed by atoms with E-state index in [0.717, 1.165) is 16.3 Å². The molecule has 0 unspecified atom stereocenters. The molecule has 1 heterocycles. The number of halogens is 4. The molecule has 0 aliphatic rings. The highest BCUT2D eigenvalue weighted by atomic mass is 35.5. The van der Waals surface area contributed by atoms with Crippen LogP contribution < -0.4 is 5.56 Å². The molecule has 0 fully saturated rings. The first-order valence-corrected chi connectivity index (χ1v) is 9.01. The van der Waals surface area contributed by atoms with E-state index < -0.39 is 12.2 Å². The molecule has 0 spiro atoms. The molecule has 0 aliphatic heterocycles. The van der Waals surface area contributed by atoms with Crippen molar-refractivity contribution in [2.24, 2.45) is 7.05 Å². The molecule has 4 nitrogen and oxygen atoms in total. The van der Waals surface area contributed by atoms with Gasteiger partial charge in [0.15, 0.2) is 0 Å². The maximum absolute atomic E-state index is 13.7. The van der Waals surface area contributed by atoms with Crippen LogP contribution in [0.5, 0.6) is 0 Å². The van der Waals surface area contributed by atoms with Crippen molar-refractivity contribution in [3.8, 4) is 0 Å². The van der Waals surface area contributed by atoms with Crippen molar-refractivity contribution in [2.75, 3.05) is 7.05 Å². The van der Waals surface area contributed by atoms with E-state index in [-0.39, 0.29) is 11.1 Å². The molecule has 27 heavy (non-hydrogen) atoms.